The largest absolute Gasteiger partial charge is 0.465 e. The third-order valence-corrected chi connectivity index (χ3v) is 5.05. The zero-order valence-corrected chi connectivity index (χ0v) is 11.0. The number of methoxy groups -OCH3 is 1. The Morgan fingerprint density at radius 2 is 2.00 bits per heavy atom. The summed E-state index contributed by atoms with van der Waals surface area (Å²) in [6, 6.07) is 4.38. The van der Waals surface area contributed by atoms with Gasteiger partial charge >= 0.3 is 5.97 Å². The van der Waals surface area contributed by atoms with Crippen LogP contribution >= 0.6 is 0 Å². The van der Waals surface area contributed by atoms with E-state index in [2.05, 4.69) is 4.74 Å². The van der Waals surface area contributed by atoms with Gasteiger partial charge in [-0.25, -0.2) is 13.2 Å². The summed E-state index contributed by atoms with van der Waals surface area (Å²) in [7, 11) is -2.27. The molecule has 2 aliphatic rings. The highest BCUT2D eigenvalue weighted by Gasteiger charge is 2.51. The number of esters is 1. The molecule has 1 fully saturated rings. The molecule has 2 aliphatic heterocycles. The van der Waals surface area contributed by atoms with Crippen LogP contribution in [-0.4, -0.2) is 40.5 Å². The van der Waals surface area contributed by atoms with Crippen molar-refractivity contribution in [2.24, 2.45) is 0 Å². The molecule has 1 spiro atoms. The molecular formula is C12H12O6S. The molecule has 0 unspecified atom stereocenters. The van der Waals surface area contributed by atoms with Gasteiger partial charge in [0.25, 0.3) is 0 Å². The van der Waals surface area contributed by atoms with Crippen LogP contribution in [0.25, 0.3) is 0 Å². The van der Waals surface area contributed by atoms with Crippen LogP contribution in [0.2, 0.25) is 0 Å². The number of carbonyl (C=O) groups is 1. The summed E-state index contributed by atoms with van der Waals surface area (Å²) in [6.07, 6.45) is 0. The Morgan fingerprint density at radius 1 is 1.32 bits per heavy atom. The van der Waals surface area contributed by atoms with Crippen molar-refractivity contribution in [1.82, 2.24) is 0 Å². The van der Waals surface area contributed by atoms with E-state index in [0.717, 1.165) is 0 Å². The molecule has 0 saturated carbocycles. The molecule has 0 aromatic heterocycles. The quantitative estimate of drug-likeness (QED) is 0.697. The van der Waals surface area contributed by atoms with Crippen LogP contribution in [0.3, 0.4) is 0 Å². The van der Waals surface area contributed by atoms with Gasteiger partial charge in [0.2, 0.25) is 5.79 Å². The lowest BCUT2D eigenvalue weighted by atomic mass is 10.1. The Balaban J connectivity index is 2.17. The summed E-state index contributed by atoms with van der Waals surface area (Å²) in [5.41, 5.74) is 0.650. The van der Waals surface area contributed by atoms with Gasteiger partial charge in [-0.05, 0) is 12.1 Å². The first-order chi connectivity index (χ1) is 8.98. The molecule has 0 radical (unpaired) electrons. The number of sulfone groups is 1. The molecule has 0 atom stereocenters. The lowest BCUT2D eigenvalue weighted by molar-refractivity contribution is -0.144. The van der Waals surface area contributed by atoms with Crippen LogP contribution in [0.5, 0.6) is 0 Å². The Labute approximate surface area is 110 Å². The number of fused-ring (bicyclic) bond motifs is 2. The first kappa shape index (κ1) is 12.6. The lowest BCUT2D eigenvalue weighted by Gasteiger charge is -2.20. The van der Waals surface area contributed by atoms with Crippen molar-refractivity contribution in [1.29, 1.82) is 0 Å². The zero-order chi connectivity index (χ0) is 13.7. The van der Waals surface area contributed by atoms with Crippen molar-refractivity contribution < 1.29 is 27.4 Å². The monoisotopic (exact) mass is 284 g/mol. The molecule has 6 nitrogen and oxygen atoms in total. The fraction of sp³-hybridized carbons (Fsp3) is 0.417. The van der Waals surface area contributed by atoms with Gasteiger partial charge < -0.3 is 14.2 Å². The van der Waals surface area contributed by atoms with Crippen LogP contribution in [0.1, 0.15) is 15.9 Å². The number of benzene rings is 1. The van der Waals surface area contributed by atoms with E-state index in [0.29, 0.717) is 18.8 Å². The van der Waals surface area contributed by atoms with Crippen molar-refractivity contribution in [2.45, 2.75) is 10.7 Å². The van der Waals surface area contributed by atoms with E-state index in [1.807, 2.05) is 0 Å². The van der Waals surface area contributed by atoms with Crippen LogP contribution < -0.4 is 0 Å². The smallest absolute Gasteiger partial charge is 0.337 e. The van der Waals surface area contributed by atoms with Crippen molar-refractivity contribution in [3.63, 3.8) is 0 Å². The Morgan fingerprint density at radius 3 is 2.63 bits per heavy atom. The molecule has 3 rings (SSSR count). The van der Waals surface area contributed by atoms with E-state index in [-0.39, 0.29) is 16.2 Å². The number of hydrogen-bond acceptors (Lipinski definition) is 6. The SMILES string of the molecule is COC(=O)c1ccc2c(c1)S(=O)(=O)CC21OCCO1. The predicted octanol–water partition coefficient (Wildman–Crippen LogP) is 0.460. The maximum Gasteiger partial charge on any atom is 0.337 e. The van der Waals surface area contributed by atoms with Gasteiger partial charge in [0.1, 0.15) is 5.75 Å². The van der Waals surface area contributed by atoms with Crippen molar-refractivity contribution in [2.75, 3.05) is 26.1 Å². The molecule has 0 bridgehead atoms. The topological polar surface area (TPSA) is 78.9 Å². The minimum Gasteiger partial charge on any atom is -0.465 e. The standard InChI is InChI=1S/C12H12O6S/c1-16-11(13)8-2-3-9-10(6-8)19(14,15)7-12(9)17-4-5-18-12/h2-3,6H,4-5,7H2,1H3. The number of rotatable bonds is 1. The molecule has 1 saturated heterocycles. The molecule has 0 amide bonds. The minimum atomic E-state index is -3.52. The molecule has 0 N–H and O–H groups in total. The normalized spacial score (nSPS) is 22.4. The number of ether oxygens (including phenoxy) is 3. The van der Waals surface area contributed by atoms with Gasteiger partial charge in [0.05, 0.1) is 30.8 Å². The van der Waals surface area contributed by atoms with Gasteiger partial charge in [0.15, 0.2) is 9.84 Å². The average molecular weight is 284 g/mol. The fourth-order valence-electron chi connectivity index (χ4n) is 2.44. The van der Waals surface area contributed by atoms with E-state index in [9.17, 15) is 13.2 Å². The lowest BCUT2D eigenvalue weighted by Crippen LogP contribution is -2.29. The predicted molar refractivity (Wildman–Crippen MR) is 63.4 cm³/mol. The maximum atomic E-state index is 12.2. The van der Waals surface area contributed by atoms with Crippen molar-refractivity contribution in [3.8, 4) is 0 Å². The Bertz CT molecular complexity index is 642. The van der Waals surface area contributed by atoms with Gasteiger partial charge in [-0.3, -0.25) is 0 Å². The minimum absolute atomic E-state index is 0.0808. The summed E-state index contributed by atoms with van der Waals surface area (Å²) in [5, 5.41) is 0. The first-order valence-corrected chi connectivity index (χ1v) is 7.37. The Kier molecular flexibility index (Phi) is 2.67. The zero-order valence-electron chi connectivity index (χ0n) is 10.2. The molecule has 19 heavy (non-hydrogen) atoms. The van der Waals surface area contributed by atoms with Gasteiger partial charge in [0, 0.05) is 5.56 Å². The number of carbonyl (C=O) groups excluding carboxylic acids is 1. The summed E-state index contributed by atoms with van der Waals surface area (Å²) in [5.74, 6) is -2.03. The van der Waals surface area contributed by atoms with Crippen LogP contribution in [0, 0.1) is 0 Å². The van der Waals surface area contributed by atoms with Gasteiger partial charge in [-0.2, -0.15) is 0 Å². The molecule has 2 heterocycles. The summed E-state index contributed by atoms with van der Waals surface area (Å²) < 4.78 is 39.9. The molecule has 1 aromatic carbocycles. The molecule has 7 heteroatoms. The van der Waals surface area contributed by atoms with Gasteiger partial charge in [-0.15, -0.1) is 0 Å². The third-order valence-electron chi connectivity index (χ3n) is 3.28. The molecule has 102 valence electrons. The van der Waals surface area contributed by atoms with Crippen LogP contribution in [-0.2, 0) is 29.8 Å². The van der Waals surface area contributed by atoms with E-state index in [1.54, 1.807) is 6.07 Å². The summed E-state index contributed by atoms with van der Waals surface area (Å²) in [6.45, 7) is 0.710. The second-order valence-electron chi connectivity index (χ2n) is 4.41. The summed E-state index contributed by atoms with van der Waals surface area (Å²) in [4.78, 5) is 11.5. The average Bonchev–Trinajstić information content (AvgIpc) is 2.93. The fourth-order valence-corrected chi connectivity index (χ4v) is 4.28. The molecular weight excluding hydrogens is 272 g/mol. The number of hydrogen-bond donors (Lipinski definition) is 0. The van der Waals surface area contributed by atoms with E-state index in [4.69, 9.17) is 9.47 Å². The maximum absolute atomic E-state index is 12.2. The second-order valence-corrected chi connectivity index (χ2v) is 6.37. The highest BCUT2D eigenvalue weighted by molar-refractivity contribution is 7.91. The summed E-state index contributed by atoms with van der Waals surface area (Å²) >= 11 is 0. The highest BCUT2D eigenvalue weighted by atomic mass is 32.2. The third kappa shape index (κ3) is 1.77. The van der Waals surface area contributed by atoms with E-state index < -0.39 is 21.6 Å². The van der Waals surface area contributed by atoms with Crippen molar-refractivity contribution >= 4 is 15.8 Å². The second kappa shape index (κ2) is 4.03. The molecule has 0 aliphatic carbocycles. The van der Waals surface area contributed by atoms with Gasteiger partial charge in [-0.1, -0.05) is 6.07 Å². The Hall–Kier alpha value is -1.44. The van der Waals surface area contributed by atoms with E-state index >= 15 is 0 Å². The van der Waals surface area contributed by atoms with Crippen LogP contribution in [0.4, 0.5) is 0 Å². The van der Waals surface area contributed by atoms with Crippen LogP contribution in [0.15, 0.2) is 23.1 Å². The molecule has 1 aromatic rings. The van der Waals surface area contributed by atoms with E-state index in [1.165, 1.54) is 19.2 Å². The van der Waals surface area contributed by atoms with Crippen molar-refractivity contribution in [3.05, 3.63) is 29.3 Å². The highest BCUT2D eigenvalue weighted by Crippen LogP contribution is 2.44. The first-order valence-electron chi connectivity index (χ1n) is 5.72.